The zero-order chi connectivity index (χ0) is 15.6. The lowest BCUT2D eigenvalue weighted by Crippen LogP contribution is -2.56. The zero-order valence-electron chi connectivity index (χ0n) is 14.1. The van der Waals surface area contributed by atoms with E-state index in [0.717, 1.165) is 23.6 Å². The van der Waals surface area contributed by atoms with Crippen LogP contribution in [0.4, 0.5) is 5.82 Å². The number of nitrogens with zero attached hydrogens (tertiary/aromatic N) is 3. The summed E-state index contributed by atoms with van der Waals surface area (Å²) in [6.07, 6.45) is 3.81. The molecule has 118 valence electrons. The van der Waals surface area contributed by atoms with Gasteiger partial charge in [0.15, 0.2) is 0 Å². The van der Waals surface area contributed by atoms with Gasteiger partial charge in [0.1, 0.15) is 5.82 Å². The van der Waals surface area contributed by atoms with Gasteiger partial charge in [0.2, 0.25) is 0 Å². The highest BCUT2D eigenvalue weighted by Crippen LogP contribution is 2.37. The molecule has 0 aliphatic heterocycles. The number of anilines is 1. The summed E-state index contributed by atoms with van der Waals surface area (Å²) in [5.74, 6) is 1.34. The number of rotatable bonds is 6. The van der Waals surface area contributed by atoms with Gasteiger partial charge < -0.3 is 14.9 Å². The van der Waals surface area contributed by atoms with Gasteiger partial charge in [0.05, 0.1) is 6.61 Å². The molecule has 0 bridgehead atoms. The minimum atomic E-state index is 0.0713. The minimum absolute atomic E-state index is 0.0713. The summed E-state index contributed by atoms with van der Waals surface area (Å²) in [4.78, 5) is 9.37. The van der Waals surface area contributed by atoms with E-state index in [1.807, 2.05) is 12.1 Å². The van der Waals surface area contributed by atoms with Crippen LogP contribution >= 0.6 is 0 Å². The molecule has 1 aliphatic carbocycles. The van der Waals surface area contributed by atoms with E-state index in [0.29, 0.717) is 5.92 Å². The largest absolute Gasteiger partial charge is 0.392 e. The summed E-state index contributed by atoms with van der Waals surface area (Å²) < 4.78 is 0. The van der Waals surface area contributed by atoms with Crippen molar-refractivity contribution in [3.8, 4) is 0 Å². The smallest absolute Gasteiger partial charge is 0.128 e. The molecule has 1 aliphatic rings. The second-order valence-corrected chi connectivity index (χ2v) is 6.90. The SMILES string of the molecule is CC(C)c1cc(CO)cc(N(C)CC2(N(C)C)CCC2)n1. The van der Waals surface area contributed by atoms with E-state index in [1.54, 1.807) is 0 Å². The van der Waals surface area contributed by atoms with Crippen LogP contribution in [0.2, 0.25) is 0 Å². The van der Waals surface area contributed by atoms with Gasteiger partial charge in [-0.2, -0.15) is 0 Å². The summed E-state index contributed by atoms with van der Waals surface area (Å²) in [5.41, 5.74) is 2.28. The van der Waals surface area contributed by atoms with Crippen molar-refractivity contribution in [3.63, 3.8) is 0 Å². The average molecular weight is 291 g/mol. The van der Waals surface area contributed by atoms with Crippen LogP contribution in [0.1, 0.15) is 50.3 Å². The van der Waals surface area contributed by atoms with Crippen molar-refractivity contribution in [3.05, 3.63) is 23.4 Å². The lowest BCUT2D eigenvalue weighted by atomic mass is 9.75. The maximum atomic E-state index is 9.47. The monoisotopic (exact) mass is 291 g/mol. The molecule has 1 aromatic heterocycles. The second kappa shape index (κ2) is 6.32. The van der Waals surface area contributed by atoms with Crippen molar-refractivity contribution in [2.24, 2.45) is 0 Å². The fourth-order valence-corrected chi connectivity index (χ4v) is 3.03. The van der Waals surface area contributed by atoms with Gasteiger partial charge in [-0.05, 0) is 57.0 Å². The average Bonchev–Trinajstić information content (AvgIpc) is 2.41. The molecule has 1 saturated carbocycles. The van der Waals surface area contributed by atoms with Gasteiger partial charge in [-0.3, -0.25) is 0 Å². The van der Waals surface area contributed by atoms with Gasteiger partial charge >= 0.3 is 0 Å². The topological polar surface area (TPSA) is 39.6 Å². The molecule has 1 heterocycles. The van der Waals surface area contributed by atoms with Gasteiger partial charge in [-0.15, -0.1) is 0 Å². The quantitative estimate of drug-likeness (QED) is 0.874. The Morgan fingerprint density at radius 2 is 1.90 bits per heavy atom. The van der Waals surface area contributed by atoms with Gasteiger partial charge in [0.25, 0.3) is 0 Å². The van der Waals surface area contributed by atoms with E-state index in [1.165, 1.54) is 19.3 Å². The summed E-state index contributed by atoms with van der Waals surface area (Å²) in [6, 6.07) is 4.01. The summed E-state index contributed by atoms with van der Waals surface area (Å²) in [6.45, 7) is 5.34. The Bertz CT molecular complexity index is 481. The van der Waals surface area contributed by atoms with E-state index in [2.05, 4.69) is 44.8 Å². The first-order valence-electron chi connectivity index (χ1n) is 7.88. The molecule has 0 aromatic carbocycles. The molecule has 2 rings (SSSR count). The van der Waals surface area contributed by atoms with Crippen LogP contribution in [0, 0.1) is 0 Å². The number of hydrogen-bond donors (Lipinski definition) is 1. The van der Waals surface area contributed by atoms with Crippen LogP contribution < -0.4 is 4.90 Å². The summed E-state index contributed by atoms with van der Waals surface area (Å²) in [7, 11) is 6.45. The lowest BCUT2D eigenvalue weighted by molar-refractivity contribution is 0.0681. The Labute approximate surface area is 128 Å². The molecule has 4 heteroatoms. The third-order valence-corrected chi connectivity index (χ3v) is 4.82. The van der Waals surface area contributed by atoms with Crippen molar-refractivity contribution in [2.45, 2.75) is 51.2 Å². The molecule has 0 spiro atoms. The maximum Gasteiger partial charge on any atom is 0.128 e. The van der Waals surface area contributed by atoms with Crippen LogP contribution in [0.15, 0.2) is 12.1 Å². The van der Waals surface area contributed by atoms with Gasteiger partial charge in [-0.1, -0.05) is 13.8 Å². The fourth-order valence-electron chi connectivity index (χ4n) is 3.03. The molecule has 1 fully saturated rings. The molecular weight excluding hydrogens is 262 g/mol. The summed E-state index contributed by atoms with van der Waals surface area (Å²) >= 11 is 0. The maximum absolute atomic E-state index is 9.47. The highest BCUT2D eigenvalue weighted by Gasteiger charge is 2.40. The van der Waals surface area contributed by atoms with E-state index in [4.69, 9.17) is 4.98 Å². The van der Waals surface area contributed by atoms with E-state index in [9.17, 15) is 5.11 Å². The summed E-state index contributed by atoms with van der Waals surface area (Å²) in [5, 5.41) is 9.47. The first kappa shape index (κ1) is 16.2. The van der Waals surface area contributed by atoms with E-state index < -0.39 is 0 Å². The number of aromatic nitrogens is 1. The zero-order valence-corrected chi connectivity index (χ0v) is 14.1. The standard InChI is InChI=1S/C17H29N3O/c1-13(2)15-9-14(11-21)10-16(18-15)20(5)12-17(19(3)4)7-6-8-17/h9-10,13,21H,6-8,11-12H2,1-5H3. The Morgan fingerprint density at radius 1 is 1.24 bits per heavy atom. The van der Waals surface area contributed by atoms with Crippen LogP contribution in [-0.2, 0) is 6.61 Å². The molecule has 4 nitrogen and oxygen atoms in total. The van der Waals surface area contributed by atoms with Crippen LogP contribution in [0.25, 0.3) is 0 Å². The first-order valence-corrected chi connectivity index (χ1v) is 7.88. The van der Waals surface area contributed by atoms with Crippen LogP contribution in [0.5, 0.6) is 0 Å². The number of likely N-dealkylation sites (N-methyl/N-ethyl adjacent to an activating group) is 2. The Kier molecular flexibility index (Phi) is 4.89. The first-order chi connectivity index (χ1) is 9.88. The van der Waals surface area contributed by atoms with Crippen molar-refractivity contribution in [1.29, 1.82) is 0 Å². The molecule has 0 saturated heterocycles. The van der Waals surface area contributed by atoms with Crippen molar-refractivity contribution < 1.29 is 5.11 Å². The van der Waals surface area contributed by atoms with Gasteiger partial charge in [-0.25, -0.2) is 4.98 Å². The number of aliphatic hydroxyl groups is 1. The highest BCUT2D eigenvalue weighted by atomic mass is 16.3. The predicted octanol–water partition coefficient (Wildman–Crippen LogP) is 2.62. The normalized spacial score (nSPS) is 17.1. The molecular formula is C17H29N3O. The molecule has 1 N–H and O–H groups in total. The van der Waals surface area contributed by atoms with E-state index in [-0.39, 0.29) is 12.1 Å². The Hall–Kier alpha value is -1.13. The van der Waals surface area contributed by atoms with Crippen LogP contribution in [-0.4, -0.2) is 48.2 Å². The molecule has 1 aromatic rings. The predicted molar refractivity (Wildman–Crippen MR) is 87.8 cm³/mol. The Balaban J connectivity index is 2.22. The number of hydrogen-bond acceptors (Lipinski definition) is 4. The van der Waals surface area contributed by atoms with Gasteiger partial charge in [0, 0.05) is 24.8 Å². The van der Waals surface area contributed by atoms with Crippen LogP contribution in [0.3, 0.4) is 0 Å². The van der Waals surface area contributed by atoms with Crippen molar-refractivity contribution in [1.82, 2.24) is 9.88 Å². The van der Waals surface area contributed by atoms with Crippen molar-refractivity contribution in [2.75, 3.05) is 32.6 Å². The molecule has 0 atom stereocenters. The fraction of sp³-hybridized carbons (Fsp3) is 0.706. The molecule has 0 radical (unpaired) electrons. The number of pyridine rings is 1. The number of aliphatic hydroxyl groups excluding tert-OH is 1. The molecule has 0 unspecified atom stereocenters. The Morgan fingerprint density at radius 3 is 2.33 bits per heavy atom. The second-order valence-electron chi connectivity index (χ2n) is 6.90. The highest BCUT2D eigenvalue weighted by molar-refractivity contribution is 5.43. The van der Waals surface area contributed by atoms with E-state index >= 15 is 0 Å². The van der Waals surface area contributed by atoms with Crippen molar-refractivity contribution >= 4 is 5.82 Å². The third kappa shape index (κ3) is 3.38. The third-order valence-electron chi connectivity index (χ3n) is 4.82. The molecule has 0 amide bonds. The molecule has 21 heavy (non-hydrogen) atoms. The minimum Gasteiger partial charge on any atom is -0.392 e. The lowest BCUT2D eigenvalue weighted by Gasteiger charge is -2.49.